The van der Waals surface area contributed by atoms with Crippen LogP contribution in [-0.2, 0) is 9.47 Å². The minimum absolute atomic E-state index is 0.215. The molecule has 1 aromatic rings. The first-order valence-electron chi connectivity index (χ1n) is 8.89. The van der Waals surface area contributed by atoms with Crippen LogP contribution in [0.5, 0.6) is 5.75 Å². The van der Waals surface area contributed by atoms with Crippen LogP contribution in [0.1, 0.15) is 31.4 Å². The Morgan fingerprint density at radius 1 is 1.22 bits per heavy atom. The predicted octanol–water partition coefficient (Wildman–Crippen LogP) is 3.24. The molecule has 1 atom stereocenters. The SMILES string of the molecule is C[C@H](NC(=O)N1CCOC2(CCOCC2)C1)c1ccc(OC(F)(F)F)cc1. The van der Waals surface area contributed by atoms with E-state index in [1.54, 1.807) is 11.8 Å². The lowest BCUT2D eigenvalue weighted by atomic mass is 9.92. The molecule has 0 unspecified atom stereocenters. The molecule has 0 bridgehead atoms. The quantitative estimate of drug-likeness (QED) is 0.864. The molecule has 0 aromatic heterocycles. The van der Waals surface area contributed by atoms with E-state index in [2.05, 4.69) is 10.1 Å². The van der Waals surface area contributed by atoms with Crippen molar-refractivity contribution in [1.29, 1.82) is 0 Å². The zero-order valence-corrected chi connectivity index (χ0v) is 15.1. The highest BCUT2D eigenvalue weighted by atomic mass is 19.4. The Labute approximate surface area is 155 Å². The third kappa shape index (κ3) is 5.26. The first-order chi connectivity index (χ1) is 12.8. The molecule has 0 aliphatic carbocycles. The molecule has 2 saturated heterocycles. The van der Waals surface area contributed by atoms with Crippen LogP contribution in [0.2, 0.25) is 0 Å². The molecule has 3 rings (SSSR count). The summed E-state index contributed by atoms with van der Waals surface area (Å²) in [7, 11) is 0. The molecule has 27 heavy (non-hydrogen) atoms. The third-order valence-electron chi connectivity index (χ3n) is 4.89. The average molecular weight is 388 g/mol. The van der Waals surface area contributed by atoms with Gasteiger partial charge in [-0.25, -0.2) is 4.79 Å². The van der Waals surface area contributed by atoms with Gasteiger partial charge in [0.15, 0.2) is 0 Å². The van der Waals surface area contributed by atoms with Crippen molar-refractivity contribution >= 4 is 6.03 Å². The van der Waals surface area contributed by atoms with E-state index in [1.165, 1.54) is 24.3 Å². The summed E-state index contributed by atoms with van der Waals surface area (Å²) in [5.74, 6) is -0.292. The topological polar surface area (TPSA) is 60.0 Å². The van der Waals surface area contributed by atoms with E-state index >= 15 is 0 Å². The number of ether oxygens (including phenoxy) is 3. The summed E-state index contributed by atoms with van der Waals surface area (Å²) < 4.78 is 51.8. The molecule has 6 nitrogen and oxygen atoms in total. The molecule has 2 aliphatic rings. The fourth-order valence-electron chi connectivity index (χ4n) is 3.38. The first-order valence-corrected chi connectivity index (χ1v) is 8.89. The number of nitrogens with zero attached hydrogens (tertiary/aromatic N) is 1. The maximum absolute atomic E-state index is 12.6. The molecule has 0 saturated carbocycles. The summed E-state index contributed by atoms with van der Waals surface area (Å²) in [6.07, 6.45) is -3.21. The van der Waals surface area contributed by atoms with E-state index in [4.69, 9.17) is 9.47 Å². The molecule has 2 amide bonds. The van der Waals surface area contributed by atoms with Crippen LogP contribution in [0.3, 0.4) is 0 Å². The Morgan fingerprint density at radius 3 is 2.52 bits per heavy atom. The fraction of sp³-hybridized carbons (Fsp3) is 0.611. The van der Waals surface area contributed by atoms with Crippen molar-refractivity contribution in [2.45, 2.75) is 37.8 Å². The van der Waals surface area contributed by atoms with Crippen molar-refractivity contribution in [3.05, 3.63) is 29.8 Å². The van der Waals surface area contributed by atoms with Crippen LogP contribution in [0.25, 0.3) is 0 Å². The number of benzene rings is 1. The number of alkyl halides is 3. The van der Waals surface area contributed by atoms with Gasteiger partial charge in [-0.05, 0) is 24.6 Å². The third-order valence-corrected chi connectivity index (χ3v) is 4.89. The standard InChI is InChI=1S/C18H23F3N2O4/c1-13(14-2-4-15(5-3-14)27-18(19,20)21)22-16(24)23-8-11-26-17(12-23)6-9-25-10-7-17/h2-5,13H,6-12H2,1H3,(H,22,24)/t13-/m0/s1. The molecular weight excluding hydrogens is 365 g/mol. The van der Waals surface area contributed by atoms with Crippen LogP contribution < -0.4 is 10.1 Å². The summed E-state index contributed by atoms with van der Waals surface area (Å²) >= 11 is 0. The van der Waals surface area contributed by atoms with Crippen LogP contribution in [-0.4, -0.2) is 55.8 Å². The lowest BCUT2D eigenvalue weighted by Crippen LogP contribution is -2.57. The first kappa shape index (κ1) is 19.8. The Kier molecular flexibility index (Phi) is 5.81. The van der Waals surface area contributed by atoms with Crippen molar-refractivity contribution in [2.24, 2.45) is 0 Å². The van der Waals surface area contributed by atoms with E-state index in [-0.39, 0.29) is 23.4 Å². The molecule has 150 valence electrons. The van der Waals surface area contributed by atoms with E-state index in [0.717, 1.165) is 12.8 Å². The Bertz CT molecular complexity index is 639. The van der Waals surface area contributed by atoms with Gasteiger partial charge in [-0.1, -0.05) is 12.1 Å². The molecule has 2 heterocycles. The average Bonchev–Trinajstić information content (AvgIpc) is 2.61. The molecule has 2 aliphatic heterocycles. The monoisotopic (exact) mass is 388 g/mol. The van der Waals surface area contributed by atoms with Gasteiger partial charge in [0.05, 0.1) is 24.8 Å². The van der Waals surface area contributed by atoms with Gasteiger partial charge in [-0.15, -0.1) is 13.2 Å². The Hall–Kier alpha value is -2.00. The molecule has 2 fully saturated rings. The lowest BCUT2D eigenvalue weighted by Gasteiger charge is -2.44. The van der Waals surface area contributed by atoms with Gasteiger partial charge in [-0.2, -0.15) is 0 Å². The summed E-state index contributed by atoms with van der Waals surface area (Å²) in [6.45, 7) is 4.51. The normalized spacial score (nSPS) is 21.0. The van der Waals surface area contributed by atoms with Gasteiger partial charge >= 0.3 is 12.4 Å². The van der Waals surface area contributed by atoms with Gasteiger partial charge < -0.3 is 24.4 Å². The van der Waals surface area contributed by atoms with E-state index in [9.17, 15) is 18.0 Å². The molecule has 0 radical (unpaired) electrons. The van der Waals surface area contributed by atoms with E-state index < -0.39 is 6.36 Å². The Balaban J connectivity index is 1.57. The predicted molar refractivity (Wildman–Crippen MR) is 90.4 cm³/mol. The summed E-state index contributed by atoms with van der Waals surface area (Å²) in [5.41, 5.74) is 0.347. The van der Waals surface area contributed by atoms with Gasteiger partial charge in [0, 0.05) is 32.6 Å². The highest BCUT2D eigenvalue weighted by Crippen LogP contribution is 2.29. The van der Waals surface area contributed by atoms with Gasteiger partial charge in [0.25, 0.3) is 0 Å². The van der Waals surface area contributed by atoms with Crippen molar-refractivity contribution in [3.63, 3.8) is 0 Å². The molecule has 1 N–H and O–H groups in total. The number of halogens is 3. The molecule has 9 heteroatoms. The minimum Gasteiger partial charge on any atom is -0.406 e. The minimum atomic E-state index is -4.72. The molecule has 1 spiro atoms. The number of rotatable bonds is 3. The van der Waals surface area contributed by atoms with Crippen LogP contribution >= 0.6 is 0 Å². The van der Waals surface area contributed by atoms with Crippen molar-refractivity contribution in [3.8, 4) is 5.75 Å². The van der Waals surface area contributed by atoms with Crippen molar-refractivity contribution in [2.75, 3.05) is 32.9 Å². The maximum atomic E-state index is 12.6. The van der Waals surface area contributed by atoms with Crippen LogP contribution in [0.15, 0.2) is 24.3 Å². The second kappa shape index (κ2) is 7.93. The summed E-state index contributed by atoms with van der Waals surface area (Å²) in [5, 5.41) is 2.89. The van der Waals surface area contributed by atoms with Crippen LogP contribution in [0, 0.1) is 0 Å². The van der Waals surface area contributed by atoms with Gasteiger partial charge in [0.1, 0.15) is 5.75 Å². The zero-order chi connectivity index (χ0) is 19.5. The number of nitrogens with one attached hydrogen (secondary N) is 1. The largest absolute Gasteiger partial charge is 0.573 e. The van der Waals surface area contributed by atoms with Crippen LogP contribution in [0.4, 0.5) is 18.0 Å². The number of hydrogen-bond donors (Lipinski definition) is 1. The maximum Gasteiger partial charge on any atom is 0.573 e. The number of amides is 2. The summed E-state index contributed by atoms with van der Waals surface area (Å²) in [6, 6.07) is 4.91. The molecular formula is C18H23F3N2O4. The van der Waals surface area contributed by atoms with Crippen molar-refractivity contribution in [1.82, 2.24) is 10.2 Å². The number of carbonyl (C=O) groups excluding carboxylic acids is 1. The fourth-order valence-corrected chi connectivity index (χ4v) is 3.38. The number of urea groups is 1. The number of morpholine rings is 1. The molecule has 1 aromatic carbocycles. The number of carbonyl (C=O) groups is 1. The highest BCUT2D eigenvalue weighted by Gasteiger charge is 2.40. The zero-order valence-electron chi connectivity index (χ0n) is 15.1. The second-order valence-electron chi connectivity index (χ2n) is 6.85. The van der Waals surface area contributed by atoms with Gasteiger partial charge in [-0.3, -0.25) is 0 Å². The van der Waals surface area contributed by atoms with E-state index in [0.29, 0.717) is 38.5 Å². The Morgan fingerprint density at radius 2 is 1.89 bits per heavy atom. The second-order valence-corrected chi connectivity index (χ2v) is 6.85. The van der Waals surface area contributed by atoms with E-state index in [1.807, 2.05) is 0 Å². The summed E-state index contributed by atoms with van der Waals surface area (Å²) in [4.78, 5) is 14.3. The highest BCUT2D eigenvalue weighted by molar-refractivity contribution is 5.75. The lowest BCUT2D eigenvalue weighted by molar-refractivity contribution is -0.274. The van der Waals surface area contributed by atoms with Gasteiger partial charge in [0.2, 0.25) is 0 Å². The van der Waals surface area contributed by atoms with Crippen molar-refractivity contribution < 1.29 is 32.2 Å². The number of hydrogen-bond acceptors (Lipinski definition) is 4. The smallest absolute Gasteiger partial charge is 0.406 e.